The number of nitrogens with one attached hydrogen (secondary N) is 1. The topological polar surface area (TPSA) is 123 Å². The normalized spacial score (nSPS) is 17.0. The van der Waals surface area contributed by atoms with Gasteiger partial charge in [-0.3, -0.25) is 4.55 Å². The molecular weight excluding hydrogens is 454 g/mol. The van der Waals surface area contributed by atoms with Crippen LogP contribution < -0.4 is 4.74 Å². The number of fused-ring (bicyclic) bond motifs is 1. The first-order chi connectivity index (χ1) is 13.8. The van der Waals surface area contributed by atoms with Crippen molar-refractivity contribution in [1.82, 2.24) is 4.98 Å². The van der Waals surface area contributed by atoms with Crippen molar-refractivity contribution in [3.63, 3.8) is 0 Å². The van der Waals surface area contributed by atoms with Gasteiger partial charge in [-0.05, 0) is 37.1 Å². The van der Waals surface area contributed by atoms with Gasteiger partial charge in [-0.2, -0.15) is 8.42 Å². The molecule has 0 bridgehead atoms. The molecule has 1 aromatic heterocycles. The average molecular weight is 474 g/mol. The average Bonchev–Trinajstić information content (AvgIpc) is 3.34. The highest BCUT2D eigenvalue weighted by Crippen LogP contribution is 2.35. The van der Waals surface area contributed by atoms with Gasteiger partial charge in [0.05, 0.1) is 16.5 Å². The Morgan fingerprint density at radius 2 is 1.83 bits per heavy atom. The zero-order valence-electron chi connectivity index (χ0n) is 15.6. The van der Waals surface area contributed by atoms with Crippen LogP contribution in [0.15, 0.2) is 63.3 Å². The van der Waals surface area contributed by atoms with Gasteiger partial charge in [-0.25, -0.2) is 8.42 Å². The molecule has 0 spiro atoms. The molecule has 0 radical (unpaired) electrons. The van der Waals surface area contributed by atoms with Crippen molar-refractivity contribution >= 4 is 43.3 Å². The van der Waals surface area contributed by atoms with E-state index in [1.807, 2.05) is 0 Å². The molecule has 2 heterocycles. The first-order valence-corrected chi connectivity index (χ1v) is 11.9. The summed E-state index contributed by atoms with van der Waals surface area (Å²) in [7, 11) is -9.03. The van der Waals surface area contributed by atoms with Gasteiger partial charge in [-0.15, -0.1) is 12.4 Å². The highest BCUT2D eigenvalue weighted by molar-refractivity contribution is 7.92. The van der Waals surface area contributed by atoms with Gasteiger partial charge >= 0.3 is 0 Å². The summed E-state index contributed by atoms with van der Waals surface area (Å²) in [6.07, 6.45) is 1.87. The van der Waals surface area contributed by atoms with Crippen molar-refractivity contribution in [2.75, 3.05) is 13.2 Å². The Morgan fingerprint density at radius 3 is 2.47 bits per heavy atom. The fourth-order valence-corrected chi connectivity index (χ4v) is 6.08. The fourth-order valence-electron chi connectivity index (χ4n) is 3.34. The largest absolute Gasteiger partial charge is 0.491 e. The van der Waals surface area contributed by atoms with Gasteiger partial charge in [0.2, 0.25) is 9.84 Å². The summed E-state index contributed by atoms with van der Waals surface area (Å²) in [5, 5.41) is -0.524. The molecular formula is C19H20ClNO7S2. The van der Waals surface area contributed by atoms with Crippen LogP contribution in [0.4, 0.5) is 0 Å². The van der Waals surface area contributed by atoms with Crippen LogP contribution in [0.1, 0.15) is 12.8 Å². The van der Waals surface area contributed by atoms with E-state index < -0.39 is 29.9 Å². The number of rotatable bonds is 6. The molecule has 1 atom stereocenters. The van der Waals surface area contributed by atoms with Crippen LogP contribution in [0.5, 0.6) is 5.75 Å². The molecule has 1 aliphatic heterocycles. The Hall–Kier alpha value is -2.11. The maximum atomic E-state index is 13.0. The molecule has 2 N–H and O–H groups in total. The zero-order valence-corrected chi connectivity index (χ0v) is 18.1. The monoisotopic (exact) mass is 473 g/mol. The number of hydrogen-bond donors (Lipinski definition) is 2. The van der Waals surface area contributed by atoms with Crippen LogP contribution >= 0.6 is 12.4 Å². The molecule has 2 aromatic carbocycles. The van der Waals surface area contributed by atoms with Crippen molar-refractivity contribution in [2.24, 2.45) is 0 Å². The highest BCUT2D eigenvalue weighted by Gasteiger charge is 2.32. The molecule has 1 aliphatic rings. The van der Waals surface area contributed by atoms with Gasteiger partial charge in [0.25, 0.3) is 10.1 Å². The SMILES string of the molecule is Cl.O=S(=O)(O)c1c(S(=O)(=O)c2ccccc2)[nH]c2cc(OCC3CCCO3)ccc12. The van der Waals surface area contributed by atoms with Gasteiger partial charge in [0.15, 0.2) is 5.03 Å². The molecule has 0 aliphatic carbocycles. The van der Waals surface area contributed by atoms with E-state index in [0.29, 0.717) is 19.0 Å². The first kappa shape index (κ1) is 22.6. The summed E-state index contributed by atoms with van der Waals surface area (Å²) in [6, 6.07) is 11.8. The molecule has 3 aromatic rings. The molecule has 0 saturated carbocycles. The molecule has 11 heteroatoms. The summed E-state index contributed by atoms with van der Waals surface area (Å²) in [6.45, 7) is 1.04. The summed E-state index contributed by atoms with van der Waals surface area (Å²) < 4.78 is 71.0. The van der Waals surface area contributed by atoms with Crippen LogP contribution in [0.25, 0.3) is 10.9 Å². The van der Waals surface area contributed by atoms with Crippen molar-refractivity contribution in [3.8, 4) is 5.75 Å². The Labute approximate surface area is 180 Å². The summed E-state index contributed by atoms with van der Waals surface area (Å²) >= 11 is 0. The summed E-state index contributed by atoms with van der Waals surface area (Å²) in [5.41, 5.74) is 0.219. The number of ether oxygens (including phenoxy) is 2. The van der Waals surface area contributed by atoms with Gasteiger partial charge in [-0.1, -0.05) is 18.2 Å². The lowest BCUT2D eigenvalue weighted by atomic mass is 10.2. The number of sulfone groups is 1. The molecule has 4 rings (SSSR count). The number of benzene rings is 2. The minimum atomic E-state index is -4.82. The third-order valence-corrected chi connectivity index (χ3v) is 7.54. The Bertz CT molecular complexity index is 1250. The third-order valence-electron chi connectivity index (χ3n) is 4.73. The summed E-state index contributed by atoms with van der Waals surface area (Å²) in [5.74, 6) is 0.430. The zero-order chi connectivity index (χ0) is 20.6. The number of aromatic amines is 1. The second kappa shape index (κ2) is 8.56. The second-order valence-corrected chi connectivity index (χ2v) is 9.97. The van der Waals surface area contributed by atoms with Crippen LogP contribution in [0, 0.1) is 0 Å². The highest BCUT2D eigenvalue weighted by atomic mass is 35.5. The van der Waals surface area contributed by atoms with E-state index in [1.54, 1.807) is 6.07 Å². The Balaban J connectivity index is 0.00000256. The maximum Gasteiger partial charge on any atom is 0.298 e. The molecule has 8 nitrogen and oxygen atoms in total. The van der Waals surface area contributed by atoms with Gasteiger partial charge < -0.3 is 14.5 Å². The van der Waals surface area contributed by atoms with Crippen LogP contribution in [-0.4, -0.2) is 45.7 Å². The van der Waals surface area contributed by atoms with E-state index in [4.69, 9.17) is 9.47 Å². The number of hydrogen-bond acceptors (Lipinski definition) is 6. The van der Waals surface area contributed by atoms with E-state index >= 15 is 0 Å². The molecule has 1 fully saturated rings. The predicted molar refractivity (Wildman–Crippen MR) is 112 cm³/mol. The second-order valence-electron chi connectivity index (χ2n) is 6.73. The quantitative estimate of drug-likeness (QED) is 0.527. The lowest BCUT2D eigenvalue weighted by Crippen LogP contribution is -2.16. The standard InChI is InChI=1S/C19H19NO7S2.ClH/c21-28(22,15-6-2-1-3-7-15)19-18(29(23,24)25)16-9-8-13(11-17(16)20-19)27-12-14-5-4-10-26-14;/h1-3,6-9,11,14,20H,4-5,10,12H2,(H,23,24,25);1H. The van der Waals surface area contributed by atoms with E-state index in [0.717, 1.165) is 12.8 Å². The van der Waals surface area contributed by atoms with Gasteiger partial charge in [0, 0.05) is 18.1 Å². The van der Waals surface area contributed by atoms with Crippen LogP contribution in [0.2, 0.25) is 0 Å². The minimum absolute atomic E-state index is 0. The lowest BCUT2D eigenvalue weighted by Gasteiger charge is -2.11. The van der Waals surface area contributed by atoms with Crippen molar-refractivity contribution in [3.05, 3.63) is 48.5 Å². The Morgan fingerprint density at radius 1 is 1.10 bits per heavy atom. The molecule has 1 saturated heterocycles. The number of H-pyrrole nitrogens is 1. The third kappa shape index (κ3) is 4.33. The molecule has 1 unspecified atom stereocenters. The van der Waals surface area contributed by atoms with E-state index in [1.165, 1.54) is 42.5 Å². The van der Waals surface area contributed by atoms with E-state index in [9.17, 15) is 21.4 Å². The van der Waals surface area contributed by atoms with Crippen LogP contribution in [-0.2, 0) is 24.7 Å². The number of halogens is 1. The van der Waals surface area contributed by atoms with Crippen molar-refractivity contribution in [1.29, 1.82) is 0 Å². The molecule has 30 heavy (non-hydrogen) atoms. The van der Waals surface area contributed by atoms with Crippen molar-refractivity contribution in [2.45, 2.75) is 33.8 Å². The molecule has 162 valence electrons. The van der Waals surface area contributed by atoms with Crippen molar-refractivity contribution < 1.29 is 30.9 Å². The minimum Gasteiger partial charge on any atom is -0.491 e. The lowest BCUT2D eigenvalue weighted by molar-refractivity contribution is 0.0680. The number of aromatic nitrogens is 1. The van der Waals surface area contributed by atoms with Crippen LogP contribution in [0.3, 0.4) is 0 Å². The van der Waals surface area contributed by atoms with E-state index in [-0.39, 0.29) is 34.3 Å². The summed E-state index contributed by atoms with van der Waals surface area (Å²) in [4.78, 5) is 1.87. The smallest absolute Gasteiger partial charge is 0.298 e. The van der Waals surface area contributed by atoms with E-state index in [2.05, 4.69) is 4.98 Å². The Kier molecular flexibility index (Phi) is 6.44. The molecule has 0 amide bonds. The predicted octanol–water partition coefficient (Wildman–Crippen LogP) is 3.23. The fraction of sp³-hybridized carbons (Fsp3) is 0.263. The van der Waals surface area contributed by atoms with Gasteiger partial charge in [0.1, 0.15) is 17.3 Å². The first-order valence-electron chi connectivity index (χ1n) is 8.94. The maximum absolute atomic E-state index is 13.0.